The predicted octanol–water partition coefficient (Wildman–Crippen LogP) is 2.47. The van der Waals surface area contributed by atoms with Gasteiger partial charge in [0.15, 0.2) is 17.3 Å². The lowest BCUT2D eigenvalue weighted by molar-refractivity contribution is -0.129. The van der Waals surface area contributed by atoms with Crippen LogP contribution in [0.1, 0.15) is 39.7 Å². The quantitative estimate of drug-likeness (QED) is 0.907. The van der Waals surface area contributed by atoms with E-state index in [0.717, 1.165) is 5.56 Å². The summed E-state index contributed by atoms with van der Waals surface area (Å²) >= 11 is 0. The highest BCUT2D eigenvalue weighted by Gasteiger charge is 2.31. The van der Waals surface area contributed by atoms with Gasteiger partial charge in [-0.05, 0) is 23.1 Å². The van der Waals surface area contributed by atoms with Crippen molar-refractivity contribution in [2.24, 2.45) is 5.41 Å². The maximum Gasteiger partial charge on any atom is 0.231 e. The molecular weight excluding hydrogens is 282 g/mol. The molecule has 1 amide bonds. The van der Waals surface area contributed by atoms with E-state index in [4.69, 9.17) is 9.47 Å². The van der Waals surface area contributed by atoms with Gasteiger partial charge in [-0.1, -0.05) is 33.8 Å². The summed E-state index contributed by atoms with van der Waals surface area (Å²) in [6.07, 6.45) is 0.618. The minimum absolute atomic E-state index is 0.0477. The van der Waals surface area contributed by atoms with Crippen LogP contribution in [0.25, 0.3) is 0 Å². The summed E-state index contributed by atoms with van der Waals surface area (Å²) in [6, 6.07) is 4.96. The molecule has 0 radical (unpaired) electrons. The highest BCUT2D eigenvalue weighted by atomic mass is 16.7. The molecule has 1 aliphatic rings. The number of hydrogen-bond acceptors (Lipinski definition) is 4. The number of amides is 1. The maximum atomic E-state index is 12.3. The minimum atomic E-state index is -0.473. The second-order valence-electron chi connectivity index (χ2n) is 6.55. The van der Waals surface area contributed by atoms with Gasteiger partial charge in [0.1, 0.15) is 0 Å². The number of hydrogen-bond donors (Lipinski definition) is 1. The molecule has 1 aromatic rings. The van der Waals surface area contributed by atoms with Crippen LogP contribution in [0.5, 0.6) is 11.5 Å². The SMILES string of the molecule is CCC(=O)C(NC(=O)Cc1ccc2c(c1)OCO2)C(C)(C)C. The van der Waals surface area contributed by atoms with Crippen LogP contribution in [0, 0.1) is 5.41 Å². The lowest BCUT2D eigenvalue weighted by Gasteiger charge is -2.30. The molecule has 0 saturated carbocycles. The Morgan fingerprint density at radius 3 is 2.55 bits per heavy atom. The van der Waals surface area contributed by atoms with E-state index < -0.39 is 6.04 Å². The molecule has 22 heavy (non-hydrogen) atoms. The monoisotopic (exact) mass is 305 g/mol. The zero-order chi connectivity index (χ0) is 16.3. The van der Waals surface area contributed by atoms with Gasteiger partial charge in [0.25, 0.3) is 0 Å². The van der Waals surface area contributed by atoms with Crippen LogP contribution < -0.4 is 14.8 Å². The van der Waals surface area contributed by atoms with Crippen molar-refractivity contribution in [1.29, 1.82) is 0 Å². The van der Waals surface area contributed by atoms with Gasteiger partial charge in [-0.25, -0.2) is 0 Å². The zero-order valence-corrected chi connectivity index (χ0v) is 13.6. The lowest BCUT2D eigenvalue weighted by atomic mass is 9.83. The maximum absolute atomic E-state index is 12.3. The molecular formula is C17H23NO4. The standard InChI is InChI=1S/C17H23NO4/c1-5-12(19)16(17(2,3)4)18-15(20)9-11-6-7-13-14(8-11)22-10-21-13/h6-8,16H,5,9-10H2,1-4H3,(H,18,20). The third-order valence-corrected chi connectivity index (χ3v) is 3.64. The summed E-state index contributed by atoms with van der Waals surface area (Å²) in [5, 5.41) is 2.86. The molecule has 0 spiro atoms. The molecule has 1 aromatic carbocycles. The molecule has 5 heteroatoms. The van der Waals surface area contributed by atoms with Gasteiger partial charge < -0.3 is 14.8 Å². The molecule has 0 bridgehead atoms. The number of nitrogens with one attached hydrogen (secondary N) is 1. The van der Waals surface area contributed by atoms with Crippen molar-refractivity contribution in [2.45, 2.75) is 46.6 Å². The van der Waals surface area contributed by atoms with E-state index in [9.17, 15) is 9.59 Å². The number of carbonyl (C=O) groups is 2. The average Bonchev–Trinajstić information content (AvgIpc) is 2.90. The molecule has 120 valence electrons. The summed E-state index contributed by atoms with van der Waals surface area (Å²) in [5.74, 6) is 1.23. The Morgan fingerprint density at radius 2 is 1.91 bits per heavy atom. The summed E-state index contributed by atoms with van der Waals surface area (Å²) in [5.41, 5.74) is 0.524. The third kappa shape index (κ3) is 3.78. The van der Waals surface area contributed by atoms with Crippen LogP contribution in [0.3, 0.4) is 0 Å². The zero-order valence-electron chi connectivity index (χ0n) is 13.6. The normalized spacial score (nSPS) is 14.5. The van der Waals surface area contributed by atoms with Crippen molar-refractivity contribution in [3.05, 3.63) is 23.8 Å². The summed E-state index contributed by atoms with van der Waals surface area (Å²) in [7, 11) is 0. The van der Waals surface area contributed by atoms with Crippen LogP contribution in [0.15, 0.2) is 18.2 Å². The van der Waals surface area contributed by atoms with Crippen molar-refractivity contribution in [3.63, 3.8) is 0 Å². The van der Waals surface area contributed by atoms with Crippen LogP contribution in [-0.2, 0) is 16.0 Å². The second-order valence-corrected chi connectivity index (χ2v) is 6.55. The molecule has 1 heterocycles. The van der Waals surface area contributed by atoms with E-state index in [2.05, 4.69) is 5.32 Å². The summed E-state index contributed by atoms with van der Waals surface area (Å²) in [6.45, 7) is 7.87. The van der Waals surface area contributed by atoms with Crippen LogP contribution in [0.2, 0.25) is 0 Å². The molecule has 0 aliphatic carbocycles. The first kappa shape index (κ1) is 16.3. The summed E-state index contributed by atoms with van der Waals surface area (Å²) in [4.78, 5) is 24.3. The number of carbonyl (C=O) groups excluding carboxylic acids is 2. The average molecular weight is 305 g/mol. The van der Waals surface area contributed by atoms with Crippen LogP contribution in [-0.4, -0.2) is 24.5 Å². The van der Waals surface area contributed by atoms with E-state index in [1.165, 1.54) is 0 Å². The van der Waals surface area contributed by atoms with E-state index in [0.29, 0.717) is 17.9 Å². The largest absolute Gasteiger partial charge is 0.454 e. The highest BCUT2D eigenvalue weighted by Crippen LogP contribution is 2.32. The number of benzene rings is 1. The van der Waals surface area contributed by atoms with E-state index >= 15 is 0 Å². The van der Waals surface area contributed by atoms with Crippen molar-refractivity contribution in [3.8, 4) is 11.5 Å². The molecule has 1 atom stereocenters. The highest BCUT2D eigenvalue weighted by molar-refractivity contribution is 5.90. The topological polar surface area (TPSA) is 64.6 Å². The molecule has 1 aliphatic heterocycles. The third-order valence-electron chi connectivity index (χ3n) is 3.64. The Hall–Kier alpha value is -2.04. The van der Waals surface area contributed by atoms with Gasteiger partial charge in [-0.2, -0.15) is 0 Å². The van der Waals surface area contributed by atoms with E-state index in [1.54, 1.807) is 12.1 Å². The minimum Gasteiger partial charge on any atom is -0.454 e. The van der Waals surface area contributed by atoms with Gasteiger partial charge in [0, 0.05) is 6.42 Å². The van der Waals surface area contributed by atoms with Crippen molar-refractivity contribution < 1.29 is 19.1 Å². The molecule has 1 N–H and O–H groups in total. The first-order chi connectivity index (χ1) is 10.3. The van der Waals surface area contributed by atoms with Gasteiger partial charge >= 0.3 is 0 Å². The first-order valence-electron chi connectivity index (χ1n) is 7.52. The predicted molar refractivity (Wildman–Crippen MR) is 83.0 cm³/mol. The van der Waals surface area contributed by atoms with Gasteiger partial charge in [0.05, 0.1) is 12.5 Å². The van der Waals surface area contributed by atoms with Crippen LogP contribution in [0.4, 0.5) is 0 Å². The fraction of sp³-hybridized carbons (Fsp3) is 0.529. The number of rotatable bonds is 5. The Balaban J connectivity index is 2.03. The smallest absolute Gasteiger partial charge is 0.231 e. The van der Waals surface area contributed by atoms with Crippen molar-refractivity contribution in [2.75, 3.05) is 6.79 Å². The first-order valence-corrected chi connectivity index (χ1v) is 7.52. The molecule has 1 unspecified atom stereocenters. The second kappa shape index (κ2) is 6.38. The fourth-order valence-electron chi connectivity index (χ4n) is 2.43. The Bertz CT molecular complexity index is 575. The lowest BCUT2D eigenvalue weighted by Crippen LogP contribution is -2.49. The number of ketones is 1. The molecule has 0 saturated heterocycles. The Kier molecular flexibility index (Phi) is 4.74. The van der Waals surface area contributed by atoms with Crippen molar-refractivity contribution in [1.82, 2.24) is 5.32 Å². The molecule has 2 rings (SSSR count). The van der Waals surface area contributed by atoms with Crippen LogP contribution >= 0.6 is 0 Å². The van der Waals surface area contributed by atoms with E-state index in [1.807, 2.05) is 33.8 Å². The van der Waals surface area contributed by atoms with Crippen molar-refractivity contribution >= 4 is 11.7 Å². The molecule has 0 fully saturated rings. The molecule has 0 aromatic heterocycles. The molecule has 5 nitrogen and oxygen atoms in total. The number of fused-ring (bicyclic) bond motifs is 1. The van der Waals surface area contributed by atoms with Gasteiger partial charge in [-0.3, -0.25) is 9.59 Å². The number of ether oxygens (including phenoxy) is 2. The summed E-state index contributed by atoms with van der Waals surface area (Å²) < 4.78 is 10.5. The Morgan fingerprint density at radius 1 is 1.23 bits per heavy atom. The number of Topliss-reactive ketones (excluding diaryl/α,β-unsaturated/α-hetero) is 1. The fourth-order valence-corrected chi connectivity index (χ4v) is 2.43. The van der Waals surface area contributed by atoms with Gasteiger partial charge in [-0.15, -0.1) is 0 Å². The van der Waals surface area contributed by atoms with E-state index in [-0.39, 0.29) is 30.3 Å². The van der Waals surface area contributed by atoms with Gasteiger partial charge in [0.2, 0.25) is 12.7 Å². The Labute approximate surface area is 131 Å².